The van der Waals surface area contributed by atoms with Gasteiger partial charge in [-0.15, -0.1) is 0 Å². The first-order chi connectivity index (χ1) is 12.6. The van der Waals surface area contributed by atoms with Crippen LogP contribution in [0.25, 0.3) is 0 Å². The number of hydrogen-bond acceptors (Lipinski definition) is 4. The van der Waals surface area contributed by atoms with Crippen molar-refractivity contribution in [2.75, 3.05) is 13.2 Å². The standard InChI is InChI=1S/C20H24N2O4/c1-2-20(16-11-7-4-8-12-16)18(24)22(19(25)21-20)13-17(23)26-14-15-9-5-3-6-10-15/h3-5,7-8,11-12,15H,2,6,9-10,13-14H2,1H3,(H,21,25). The SMILES string of the molecule is CCC1(c2ccccc2)NC(=O)N(CC(=O)OCC2CC=CCC2)C1=O. The highest BCUT2D eigenvalue weighted by Gasteiger charge is 2.51. The van der Waals surface area contributed by atoms with Gasteiger partial charge in [-0.1, -0.05) is 49.4 Å². The molecule has 2 unspecified atom stereocenters. The second-order valence-corrected chi connectivity index (χ2v) is 6.78. The first-order valence-corrected chi connectivity index (χ1v) is 9.07. The molecule has 26 heavy (non-hydrogen) atoms. The van der Waals surface area contributed by atoms with Crippen LogP contribution < -0.4 is 5.32 Å². The number of ether oxygens (including phenoxy) is 1. The number of hydrogen-bond donors (Lipinski definition) is 1. The maximum Gasteiger partial charge on any atom is 0.326 e. The molecule has 1 aliphatic heterocycles. The first kappa shape index (κ1) is 18.2. The third-order valence-corrected chi connectivity index (χ3v) is 5.12. The van der Waals surface area contributed by atoms with E-state index in [1.165, 1.54) is 0 Å². The lowest BCUT2D eigenvalue weighted by atomic mass is 9.87. The summed E-state index contributed by atoms with van der Waals surface area (Å²) in [7, 11) is 0. The zero-order valence-corrected chi connectivity index (χ0v) is 14.9. The van der Waals surface area contributed by atoms with E-state index < -0.39 is 23.4 Å². The van der Waals surface area contributed by atoms with Crippen LogP contribution >= 0.6 is 0 Å². The van der Waals surface area contributed by atoms with Crippen LogP contribution in [0.3, 0.4) is 0 Å². The summed E-state index contributed by atoms with van der Waals surface area (Å²) in [4.78, 5) is 38.4. The van der Waals surface area contributed by atoms with Gasteiger partial charge in [0.1, 0.15) is 12.1 Å². The quantitative estimate of drug-likeness (QED) is 0.483. The van der Waals surface area contributed by atoms with Crippen molar-refractivity contribution in [3.63, 3.8) is 0 Å². The Labute approximate surface area is 153 Å². The number of nitrogens with zero attached hydrogens (tertiary/aromatic N) is 1. The number of nitrogens with one attached hydrogen (secondary N) is 1. The van der Waals surface area contributed by atoms with Crippen LogP contribution in [0.1, 0.15) is 38.2 Å². The fraction of sp³-hybridized carbons (Fsp3) is 0.450. The van der Waals surface area contributed by atoms with E-state index in [9.17, 15) is 14.4 Å². The lowest BCUT2D eigenvalue weighted by Crippen LogP contribution is -2.44. The Kier molecular flexibility index (Phi) is 5.40. The summed E-state index contributed by atoms with van der Waals surface area (Å²) in [6.45, 7) is 1.80. The molecule has 3 amide bonds. The van der Waals surface area contributed by atoms with Gasteiger partial charge in [0, 0.05) is 0 Å². The highest BCUT2D eigenvalue weighted by molar-refractivity contribution is 6.09. The van der Waals surface area contributed by atoms with Gasteiger partial charge in [0.2, 0.25) is 0 Å². The van der Waals surface area contributed by atoms with E-state index in [-0.39, 0.29) is 6.54 Å². The molecule has 0 bridgehead atoms. The van der Waals surface area contributed by atoms with Gasteiger partial charge in [-0.25, -0.2) is 4.79 Å². The molecule has 138 valence electrons. The molecule has 0 saturated carbocycles. The molecule has 1 aromatic carbocycles. The molecule has 1 aliphatic carbocycles. The summed E-state index contributed by atoms with van der Waals surface area (Å²) in [5.41, 5.74) is -0.405. The predicted octanol–water partition coefficient (Wildman–Crippen LogP) is 2.74. The van der Waals surface area contributed by atoms with Crippen molar-refractivity contribution in [2.24, 2.45) is 5.92 Å². The Hall–Kier alpha value is -2.63. The van der Waals surface area contributed by atoms with E-state index in [1.807, 2.05) is 25.1 Å². The average molecular weight is 356 g/mol. The Morgan fingerprint density at radius 2 is 2.04 bits per heavy atom. The third-order valence-electron chi connectivity index (χ3n) is 5.12. The Bertz CT molecular complexity index is 716. The molecule has 2 aliphatic rings. The van der Waals surface area contributed by atoms with Crippen LogP contribution in [0.5, 0.6) is 0 Å². The van der Waals surface area contributed by atoms with Crippen molar-refractivity contribution in [1.29, 1.82) is 0 Å². The van der Waals surface area contributed by atoms with Gasteiger partial charge in [0.15, 0.2) is 0 Å². The van der Waals surface area contributed by atoms with Crippen molar-refractivity contribution < 1.29 is 19.1 Å². The number of allylic oxidation sites excluding steroid dienone is 2. The molecule has 1 aromatic rings. The monoisotopic (exact) mass is 356 g/mol. The lowest BCUT2D eigenvalue weighted by Gasteiger charge is -2.25. The van der Waals surface area contributed by atoms with Gasteiger partial charge in [-0.2, -0.15) is 0 Å². The van der Waals surface area contributed by atoms with Gasteiger partial charge in [-0.3, -0.25) is 14.5 Å². The van der Waals surface area contributed by atoms with Crippen LogP contribution in [-0.2, 0) is 19.9 Å². The number of imide groups is 1. The molecule has 1 fully saturated rings. The zero-order chi connectivity index (χ0) is 18.6. The van der Waals surface area contributed by atoms with Crippen LogP contribution in [0.2, 0.25) is 0 Å². The van der Waals surface area contributed by atoms with Crippen molar-refractivity contribution >= 4 is 17.9 Å². The van der Waals surface area contributed by atoms with E-state index >= 15 is 0 Å². The minimum Gasteiger partial charge on any atom is -0.464 e. The second-order valence-electron chi connectivity index (χ2n) is 6.78. The van der Waals surface area contributed by atoms with Crippen molar-refractivity contribution in [2.45, 2.75) is 38.1 Å². The minimum absolute atomic E-state index is 0.311. The number of urea groups is 1. The largest absolute Gasteiger partial charge is 0.464 e. The highest BCUT2D eigenvalue weighted by Crippen LogP contribution is 2.32. The number of esters is 1. The molecule has 0 aromatic heterocycles. The predicted molar refractivity (Wildman–Crippen MR) is 96.1 cm³/mol. The Balaban J connectivity index is 1.65. The van der Waals surface area contributed by atoms with Gasteiger partial charge < -0.3 is 10.1 Å². The second kappa shape index (κ2) is 7.72. The normalized spacial score (nSPS) is 25.3. The fourth-order valence-corrected chi connectivity index (χ4v) is 3.52. The van der Waals surface area contributed by atoms with Crippen LogP contribution in [-0.4, -0.2) is 36.0 Å². The van der Waals surface area contributed by atoms with Crippen molar-refractivity contribution in [1.82, 2.24) is 10.2 Å². The topological polar surface area (TPSA) is 75.7 Å². The lowest BCUT2D eigenvalue weighted by molar-refractivity contribution is -0.149. The molecule has 1 N–H and O–H groups in total. The molecule has 0 spiro atoms. The molecular weight excluding hydrogens is 332 g/mol. The number of carbonyl (C=O) groups excluding carboxylic acids is 3. The molecule has 1 saturated heterocycles. The number of rotatable bonds is 6. The molecule has 2 atom stereocenters. The van der Waals surface area contributed by atoms with Crippen LogP contribution in [0, 0.1) is 5.92 Å². The third kappa shape index (κ3) is 3.49. The maximum absolute atomic E-state index is 12.9. The van der Waals surface area contributed by atoms with Crippen molar-refractivity contribution in [3.8, 4) is 0 Å². The molecule has 1 heterocycles. The summed E-state index contributed by atoms with van der Waals surface area (Å²) in [6.07, 6.45) is 7.49. The maximum atomic E-state index is 12.9. The minimum atomic E-state index is -1.12. The van der Waals surface area contributed by atoms with E-state index in [0.29, 0.717) is 24.5 Å². The molecule has 3 rings (SSSR count). The summed E-state index contributed by atoms with van der Waals surface area (Å²) >= 11 is 0. The summed E-state index contributed by atoms with van der Waals surface area (Å²) < 4.78 is 5.30. The van der Waals surface area contributed by atoms with E-state index in [4.69, 9.17) is 4.74 Å². The highest BCUT2D eigenvalue weighted by atomic mass is 16.5. The fourth-order valence-electron chi connectivity index (χ4n) is 3.52. The summed E-state index contributed by atoms with van der Waals surface area (Å²) in [5, 5.41) is 2.76. The van der Waals surface area contributed by atoms with Crippen LogP contribution in [0.15, 0.2) is 42.5 Å². The van der Waals surface area contributed by atoms with Gasteiger partial charge in [0.05, 0.1) is 6.61 Å². The number of carbonyl (C=O) groups is 3. The van der Waals surface area contributed by atoms with E-state index in [0.717, 1.165) is 24.2 Å². The molecule has 0 radical (unpaired) electrons. The molecule has 6 heteroatoms. The van der Waals surface area contributed by atoms with E-state index in [1.54, 1.807) is 12.1 Å². The van der Waals surface area contributed by atoms with Gasteiger partial charge >= 0.3 is 12.0 Å². The summed E-state index contributed by atoms with van der Waals surface area (Å²) in [5.74, 6) is -0.650. The smallest absolute Gasteiger partial charge is 0.326 e. The van der Waals surface area contributed by atoms with Gasteiger partial charge in [0.25, 0.3) is 5.91 Å². The first-order valence-electron chi connectivity index (χ1n) is 9.07. The summed E-state index contributed by atoms with van der Waals surface area (Å²) in [6, 6.07) is 8.55. The number of benzene rings is 1. The van der Waals surface area contributed by atoms with Gasteiger partial charge in [-0.05, 0) is 37.2 Å². The van der Waals surface area contributed by atoms with Crippen LogP contribution in [0.4, 0.5) is 4.79 Å². The van der Waals surface area contributed by atoms with E-state index in [2.05, 4.69) is 17.5 Å². The number of amides is 3. The van der Waals surface area contributed by atoms with Crippen molar-refractivity contribution in [3.05, 3.63) is 48.0 Å². The average Bonchev–Trinajstić information content (AvgIpc) is 2.93. The molecule has 6 nitrogen and oxygen atoms in total. The zero-order valence-electron chi connectivity index (χ0n) is 14.9. The molecular formula is C20H24N2O4. The Morgan fingerprint density at radius 3 is 2.69 bits per heavy atom. The Morgan fingerprint density at radius 1 is 1.27 bits per heavy atom.